The fraction of sp³-hybridized carbons (Fsp3) is 0.435. The van der Waals surface area contributed by atoms with Crippen molar-refractivity contribution in [3.63, 3.8) is 0 Å². The Balaban J connectivity index is 1.62. The maximum atomic E-state index is 13.5. The lowest BCUT2D eigenvalue weighted by Crippen LogP contribution is -2.46. The molecular weight excluding hydrogens is 371 g/mol. The quantitative estimate of drug-likeness (QED) is 0.812. The first-order chi connectivity index (χ1) is 14.0. The maximum Gasteiger partial charge on any atom is 0.252 e. The number of carbonyl (C=O) groups is 1. The molecule has 3 atom stereocenters. The Morgan fingerprint density at radius 3 is 2.79 bits per heavy atom. The van der Waals surface area contributed by atoms with E-state index in [2.05, 4.69) is 11.4 Å². The first-order valence-corrected chi connectivity index (χ1v) is 10.2. The van der Waals surface area contributed by atoms with Crippen molar-refractivity contribution in [3.05, 3.63) is 71.0 Å². The molecule has 6 heteroatoms. The summed E-state index contributed by atoms with van der Waals surface area (Å²) in [6.45, 7) is 3.82. The van der Waals surface area contributed by atoms with Crippen LogP contribution in [0.25, 0.3) is 0 Å². The van der Waals surface area contributed by atoms with Crippen molar-refractivity contribution in [2.75, 3.05) is 26.2 Å². The number of nitrogens with zero attached hydrogens (tertiary/aromatic N) is 1. The third kappa shape index (κ3) is 4.06. The molecule has 0 spiro atoms. The number of likely N-dealkylation sites (N-methyl/N-ethyl adjacent to an activating group) is 1. The van der Waals surface area contributed by atoms with Crippen LogP contribution in [0.4, 0.5) is 4.39 Å². The SMILES string of the molecule is CCNC[C@]1(O)CO[C@H](C(=O)N2CCc3ccccc3[C@@H]2c2ccc(F)cc2)C1. The van der Waals surface area contributed by atoms with Crippen LogP contribution in [0.15, 0.2) is 48.5 Å². The van der Waals surface area contributed by atoms with Gasteiger partial charge in [-0.25, -0.2) is 4.39 Å². The number of amides is 1. The first kappa shape index (κ1) is 20.0. The number of hydrogen-bond donors (Lipinski definition) is 2. The summed E-state index contributed by atoms with van der Waals surface area (Å²) < 4.78 is 19.2. The molecule has 1 amide bonds. The van der Waals surface area contributed by atoms with Crippen LogP contribution in [0.1, 0.15) is 36.1 Å². The van der Waals surface area contributed by atoms with Gasteiger partial charge in [0, 0.05) is 19.5 Å². The lowest BCUT2D eigenvalue weighted by Gasteiger charge is -2.39. The zero-order chi connectivity index (χ0) is 20.4. The zero-order valence-electron chi connectivity index (χ0n) is 16.6. The molecule has 0 saturated carbocycles. The van der Waals surface area contributed by atoms with E-state index >= 15 is 0 Å². The Labute approximate surface area is 170 Å². The standard InChI is InChI=1S/C23H27FN2O3/c1-2-25-14-23(28)13-20(29-15-23)22(27)26-12-11-16-5-3-4-6-19(16)21(26)17-7-9-18(24)10-8-17/h3-10,20-21,25,28H,2,11-15H2,1H3/t20-,21-,23-/m0/s1. The minimum Gasteiger partial charge on any atom is -0.386 e. The van der Waals surface area contributed by atoms with Crippen LogP contribution < -0.4 is 5.32 Å². The van der Waals surface area contributed by atoms with E-state index in [0.717, 1.165) is 24.1 Å². The molecule has 2 N–H and O–H groups in total. The largest absolute Gasteiger partial charge is 0.386 e. The summed E-state index contributed by atoms with van der Waals surface area (Å²) in [5, 5.41) is 13.8. The molecule has 0 unspecified atom stereocenters. The molecule has 0 aliphatic carbocycles. The van der Waals surface area contributed by atoms with Gasteiger partial charge < -0.3 is 20.1 Å². The average Bonchev–Trinajstić information content (AvgIpc) is 3.14. The number of hydrogen-bond acceptors (Lipinski definition) is 4. The monoisotopic (exact) mass is 398 g/mol. The van der Waals surface area contributed by atoms with Crippen LogP contribution >= 0.6 is 0 Å². The molecule has 4 rings (SSSR count). The second-order valence-corrected chi connectivity index (χ2v) is 7.94. The molecule has 0 radical (unpaired) electrons. The lowest BCUT2D eigenvalue weighted by atomic mass is 9.87. The van der Waals surface area contributed by atoms with Gasteiger partial charge in [-0.3, -0.25) is 4.79 Å². The summed E-state index contributed by atoms with van der Waals surface area (Å²) in [5.74, 6) is -0.426. The first-order valence-electron chi connectivity index (χ1n) is 10.2. The molecule has 1 saturated heterocycles. The van der Waals surface area contributed by atoms with Crippen LogP contribution in [0.5, 0.6) is 0 Å². The molecule has 5 nitrogen and oxygen atoms in total. The predicted octanol–water partition coefficient (Wildman–Crippen LogP) is 2.43. The van der Waals surface area contributed by atoms with Gasteiger partial charge in [0.05, 0.1) is 12.6 Å². The Kier molecular flexibility index (Phi) is 5.67. The molecule has 2 heterocycles. The number of carbonyl (C=O) groups excluding carboxylic acids is 1. The molecule has 2 aromatic rings. The van der Waals surface area contributed by atoms with Gasteiger partial charge in [0.15, 0.2) is 0 Å². The van der Waals surface area contributed by atoms with Gasteiger partial charge in [-0.15, -0.1) is 0 Å². The zero-order valence-corrected chi connectivity index (χ0v) is 16.6. The fourth-order valence-corrected chi connectivity index (χ4v) is 4.35. The van der Waals surface area contributed by atoms with Crippen molar-refractivity contribution < 1.29 is 19.0 Å². The van der Waals surface area contributed by atoms with E-state index in [-0.39, 0.29) is 30.8 Å². The molecule has 2 aliphatic rings. The molecule has 0 bridgehead atoms. The minimum atomic E-state index is -1.03. The highest BCUT2D eigenvalue weighted by atomic mass is 19.1. The highest BCUT2D eigenvalue weighted by molar-refractivity contribution is 5.82. The Bertz CT molecular complexity index is 873. The van der Waals surface area contributed by atoms with Gasteiger partial charge in [-0.2, -0.15) is 0 Å². The normalized spacial score (nSPS) is 26.4. The van der Waals surface area contributed by atoms with Crippen molar-refractivity contribution in [3.8, 4) is 0 Å². The smallest absolute Gasteiger partial charge is 0.252 e. The van der Waals surface area contributed by atoms with E-state index in [4.69, 9.17) is 4.74 Å². The van der Waals surface area contributed by atoms with Gasteiger partial charge >= 0.3 is 0 Å². The number of benzene rings is 2. The summed E-state index contributed by atoms with van der Waals surface area (Å²) in [7, 11) is 0. The van der Waals surface area contributed by atoms with Crippen molar-refractivity contribution in [2.45, 2.75) is 37.5 Å². The average molecular weight is 398 g/mol. The third-order valence-corrected chi connectivity index (χ3v) is 5.85. The Morgan fingerprint density at radius 2 is 2.03 bits per heavy atom. The second kappa shape index (κ2) is 8.22. The van der Waals surface area contributed by atoms with Crippen molar-refractivity contribution in [2.24, 2.45) is 0 Å². The molecule has 2 aliphatic heterocycles. The van der Waals surface area contributed by atoms with E-state index in [1.807, 2.05) is 30.0 Å². The van der Waals surface area contributed by atoms with Crippen molar-refractivity contribution in [1.29, 1.82) is 0 Å². The second-order valence-electron chi connectivity index (χ2n) is 7.94. The number of fused-ring (bicyclic) bond motifs is 1. The van der Waals surface area contributed by atoms with Gasteiger partial charge in [-0.1, -0.05) is 43.3 Å². The molecule has 1 fully saturated rings. The number of halogens is 1. The molecular formula is C23H27FN2O3. The number of nitrogens with one attached hydrogen (secondary N) is 1. The molecule has 29 heavy (non-hydrogen) atoms. The molecule has 154 valence electrons. The highest BCUT2D eigenvalue weighted by Crippen LogP contribution is 2.37. The van der Waals surface area contributed by atoms with Crippen LogP contribution in [0.2, 0.25) is 0 Å². The number of aliphatic hydroxyl groups is 1. The highest BCUT2D eigenvalue weighted by Gasteiger charge is 2.44. The lowest BCUT2D eigenvalue weighted by molar-refractivity contribution is -0.143. The van der Waals surface area contributed by atoms with E-state index in [1.54, 1.807) is 12.1 Å². The fourth-order valence-electron chi connectivity index (χ4n) is 4.35. The summed E-state index contributed by atoms with van der Waals surface area (Å²) in [6, 6.07) is 14.1. The van der Waals surface area contributed by atoms with Gasteiger partial charge in [0.25, 0.3) is 5.91 Å². The van der Waals surface area contributed by atoms with Gasteiger partial charge in [0.1, 0.15) is 17.5 Å². The maximum absolute atomic E-state index is 13.5. The van der Waals surface area contributed by atoms with Gasteiger partial charge in [-0.05, 0) is 41.8 Å². The van der Waals surface area contributed by atoms with E-state index in [0.29, 0.717) is 13.1 Å². The molecule has 2 aromatic carbocycles. The van der Waals surface area contributed by atoms with Crippen LogP contribution in [0, 0.1) is 5.82 Å². The van der Waals surface area contributed by atoms with Crippen LogP contribution in [0.3, 0.4) is 0 Å². The summed E-state index contributed by atoms with van der Waals surface area (Å²) in [4.78, 5) is 15.2. The van der Waals surface area contributed by atoms with Crippen LogP contribution in [-0.2, 0) is 16.0 Å². The van der Waals surface area contributed by atoms with Crippen LogP contribution in [-0.4, -0.2) is 53.9 Å². The summed E-state index contributed by atoms with van der Waals surface area (Å²) in [5.41, 5.74) is 2.09. The number of rotatable bonds is 5. The predicted molar refractivity (Wildman–Crippen MR) is 108 cm³/mol. The van der Waals surface area contributed by atoms with Gasteiger partial charge in [0.2, 0.25) is 0 Å². The summed E-state index contributed by atoms with van der Waals surface area (Å²) in [6.07, 6.45) is 0.355. The minimum absolute atomic E-state index is 0.124. The van der Waals surface area contributed by atoms with Crippen molar-refractivity contribution in [1.82, 2.24) is 10.2 Å². The Morgan fingerprint density at radius 1 is 1.28 bits per heavy atom. The third-order valence-electron chi connectivity index (χ3n) is 5.85. The summed E-state index contributed by atoms with van der Waals surface area (Å²) >= 11 is 0. The van der Waals surface area contributed by atoms with E-state index in [1.165, 1.54) is 17.7 Å². The van der Waals surface area contributed by atoms with E-state index < -0.39 is 11.7 Å². The topological polar surface area (TPSA) is 61.8 Å². The number of ether oxygens (including phenoxy) is 1. The Hall–Kier alpha value is -2.28. The van der Waals surface area contributed by atoms with E-state index in [9.17, 15) is 14.3 Å². The molecule has 0 aromatic heterocycles. The van der Waals surface area contributed by atoms with Crippen molar-refractivity contribution >= 4 is 5.91 Å².